The highest BCUT2D eigenvalue weighted by molar-refractivity contribution is 6.34. The monoisotopic (exact) mass is 340 g/mol. The lowest BCUT2D eigenvalue weighted by Crippen LogP contribution is -2.50. The largest absolute Gasteiger partial charge is 0.363 e. The number of nitrogens with one attached hydrogen (secondary N) is 2. The summed E-state index contributed by atoms with van der Waals surface area (Å²) in [5.74, 6) is 0.708. The first kappa shape index (κ1) is 16.7. The highest BCUT2D eigenvalue weighted by Gasteiger charge is 2.25. The van der Waals surface area contributed by atoms with Crippen LogP contribution in [0.1, 0.15) is 57.8 Å². The van der Waals surface area contributed by atoms with Gasteiger partial charge in [0.15, 0.2) is 6.17 Å². The summed E-state index contributed by atoms with van der Waals surface area (Å²) < 4.78 is 9.95. The van der Waals surface area contributed by atoms with Crippen LogP contribution in [0.4, 0.5) is 0 Å². The van der Waals surface area contributed by atoms with Crippen molar-refractivity contribution in [3.05, 3.63) is 17.0 Å². The number of hydrogen-bond donors (Lipinski definition) is 2. The van der Waals surface area contributed by atoms with Crippen LogP contribution in [0, 0.1) is 12.8 Å². The summed E-state index contributed by atoms with van der Waals surface area (Å²) >= 11 is 6.22. The van der Waals surface area contributed by atoms with Gasteiger partial charge in [-0.25, -0.2) is 5.10 Å². The molecule has 1 aliphatic rings. The fourth-order valence-electron chi connectivity index (χ4n) is 3.47. The van der Waals surface area contributed by atoms with E-state index in [-0.39, 0.29) is 6.17 Å². The number of hydrogen-bond acceptors (Lipinski definition) is 3. The minimum Gasteiger partial charge on any atom is -0.363 e. The molecule has 3 atom stereocenters. The van der Waals surface area contributed by atoms with Crippen LogP contribution in [0.5, 0.6) is 0 Å². The smallest absolute Gasteiger partial charge is 0.292 e. The number of halogens is 1. The lowest BCUT2D eigenvalue weighted by Gasteiger charge is -2.31. The number of rotatable bonds is 6. The third kappa shape index (κ3) is 3.39. The van der Waals surface area contributed by atoms with E-state index in [1.165, 1.54) is 32.1 Å². The van der Waals surface area contributed by atoms with Gasteiger partial charge in [0.2, 0.25) is 6.33 Å². The Labute approximate surface area is 142 Å². The summed E-state index contributed by atoms with van der Waals surface area (Å²) in [5, 5.41) is 7.30. The number of aromatic amines is 1. The standard InChI is InChI=1S/C16H26ClN5O/c1-4-13-7-5-6-8-14(13)23-10-19-12(3)21-9-18-16-15(17)11(2)20-22(16)21/h9,12-14,19H,4-8,10H2,1-3H3/p+1/t12?,13-,14?/m1/s1. The first-order valence-corrected chi connectivity index (χ1v) is 8.97. The molecule has 0 aromatic carbocycles. The second-order valence-electron chi connectivity index (χ2n) is 6.49. The maximum atomic E-state index is 6.22. The molecule has 0 radical (unpaired) electrons. The molecule has 0 saturated heterocycles. The van der Waals surface area contributed by atoms with Crippen molar-refractivity contribution in [2.75, 3.05) is 6.73 Å². The van der Waals surface area contributed by atoms with E-state index in [0.29, 0.717) is 23.8 Å². The molecule has 0 aliphatic heterocycles. The Morgan fingerprint density at radius 1 is 1.52 bits per heavy atom. The van der Waals surface area contributed by atoms with Gasteiger partial charge in [-0.15, -0.1) is 4.68 Å². The summed E-state index contributed by atoms with van der Waals surface area (Å²) in [6.07, 6.45) is 8.56. The molecular weight excluding hydrogens is 314 g/mol. The Morgan fingerprint density at radius 2 is 2.30 bits per heavy atom. The summed E-state index contributed by atoms with van der Waals surface area (Å²) in [7, 11) is 0. The highest BCUT2D eigenvalue weighted by Crippen LogP contribution is 2.28. The molecule has 23 heavy (non-hydrogen) atoms. The van der Waals surface area contributed by atoms with Gasteiger partial charge in [-0.2, -0.15) is 0 Å². The van der Waals surface area contributed by atoms with Crippen LogP contribution in [0.25, 0.3) is 5.65 Å². The molecule has 1 saturated carbocycles. The van der Waals surface area contributed by atoms with Crippen molar-refractivity contribution < 1.29 is 9.42 Å². The normalized spacial score (nSPS) is 23.5. The number of nitrogens with zero attached hydrogens (tertiary/aromatic N) is 3. The van der Waals surface area contributed by atoms with Gasteiger partial charge in [-0.3, -0.25) is 5.32 Å². The van der Waals surface area contributed by atoms with Gasteiger partial charge in [0.25, 0.3) is 5.65 Å². The number of aromatic nitrogens is 4. The molecule has 1 fully saturated rings. The molecule has 6 nitrogen and oxygen atoms in total. The van der Waals surface area contributed by atoms with Crippen LogP contribution in [0.15, 0.2) is 6.33 Å². The van der Waals surface area contributed by atoms with Crippen LogP contribution in [0.3, 0.4) is 0 Å². The predicted octanol–water partition coefficient (Wildman–Crippen LogP) is 2.96. The zero-order valence-electron chi connectivity index (χ0n) is 14.2. The maximum Gasteiger partial charge on any atom is 0.292 e. The minimum absolute atomic E-state index is 0.0581. The van der Waals surface area contributed by atoms with Crippen molar-refractivity contribution in [3.63, 3.8) is 0 Å². The van der Waals surface area contributed by atoms with E-state index in [2.05, 4.69) is 29.2 Å². The Kier molecular flexibility index (Phi) is 5.24. The Hall–Kier alpha value is -1.11. The number of aryl methyl sites for hydroxylation is 1. The van der Waals surface area contributed by atoms with Crippen molar-refractivity contribution >= 4 is 17.2 Å². The lowest BCUT2D eigenvalue weighted by molar-refractivity contribution is -0.791. The number of H-pyrrole nitrogens is 1. The topological polar surface area (TPSA) is 58.2 Å². The van der Waals surface area contributed by atoms with E-state index in [1.807, 2.05) is 16.2 Å². The Bertz CT molecular complexity index is 652. The summed E-state index contributed by atoms with van der Waals surface area (Å²) in [5.41, 5.74) is 1.66. The van der Waals surface area contributed by atoms with Crippen molar-refractivity contribution in [2.45, 2.75) is 65.1 Å². The minimum atomic E-state index is 0.0581. The average Bonchev–Trinajstić information content (AvgIpc) is 3.08. The average molecular weight is 341 g/mol. The van der Waals surface area contributed by atoms with E-state index in [0.717, 1.165) is 11.3 Å². The maximum absolute atomic E-state index is 6.22. The molecule has 0 spiro atoms. The number of fused-ring (bicyclic) bond motifs is 1. The molecule has 0 bridgehead atoms. The lowest BCUT2D eigenvalue weighted by atomic mass is 9.85. The molecule has 2 aromatic rings. The van der Waals surface area contributed by atoms with Crippen molar-refractivity contribution in [2.24, 2.45) is 5.92 Å². The van der Waals surface area contributed by atoms with E-state index in [4.69, 9.17) is 16.3 Å². The molecule has 128 valence electrons. The third-order valence-corrected chi connectivity index (χ3v) is 5.42. The van der Waals surface area contributed by atoms with Gasteiger partial charge in [0, 0.05) is 0 Å². The first-order chi connectivity index (χ1) is 11.1. The summed E-state index contributed by atoms with van der Waals surface area (Å²) in [4.78, 5) is 4.37. The van der Waals surface area contributed by atoms with Gasteiger partial charge in [-0.05, 0) is 32.6 Å². The van der Waals surface area contributed by atoms with E-state index in [1.54, 1.807) is 6.33 Å². The summed E-state index contributed by atoms with van der Waals surface area (Å²) in [6, 6.07) is 0. The van der Waals surface area contributed by atoms with E-state index < -0.39 is 0 Å². The van der Waals surface area contributed by atoms with Gasteiger partial charge < -0.3 is 4.74 Å². The zero-order valence-corrected chi connectivity index (χ0v) is 14.9. The predicted molar refractivity (Wildman–Crippen MR) is 89.3 cm³/mol. The molecule has 7 heteroatoms. The molecule has 2 heterocycles. The van der Waals surface area contributed by atoms with Crippen molar-refractivity contribution in [1.29, 1.82) is 0 Å². The van der Waals surface area contributed by atoms with Crippen molar-refractivity contribution in [3.8, 4) is 0 Å². The molecule has 3 rings (SSSR count). The molecule has 2 unspecified atom stereocenters. The molecule has 1 aliphatic carbocycles. The van der Waals surface area contributed by atoms with E-state index >= 15 is 0 Å². The van der Waals surface area contributed by atoms with Crippen LogP contribution in [-0.2, 0) is 4.74 Å². The van der Waals surface area contributed by atoms with Gasteiger partial charge >= 0.3 is 0 Å². The van der Waals surface area contributed by atoms with Crippen LogP contribution >= 0.6 is 11.6 Å². The van der Waals surface area contributed by atoms with Gasteiger partial charge in [0.05, 0.1) is 12.8 Å². The first-order valence-electron chi connectivity index (χ1n) is 8.59. The Balaban J connectivity index is 1.58. The van der Waals surface area contributed by atoms with Gasteiger partial charge in [-0.1, -0.05) is 47.4 Å². The van der Waals surface area contributed by atoms with Crippen molar-refractivity contribution in [1.82, 2.24) is 20.0 Å². The van der Waals surface area contributed by atoms with Crippen LogP contribution in [0.2, 0.25) is 5.02 Å². The second-order valence-corrected chi connectivity index (χ2v) is 6.87. The fraction of sp³-hybridized carbons (Fsp3) is 0.750. The molecule has 0 amide bonds. The second kappa shape index (κ2) is 7.20. The number of ether oxygens (including phenoxy) is 1. The van der Waals surface area contributed by atoms with E-state index in [9.17, 15) is 0 Å². The van der Waals surface area contributed by atoms with Crippen LogP contribution in [-0.4, -0.2) is 27.5 Å². The summed E-state index contributed by atoms with van der Waals surface area (Å²) in [6.45, 7) is 6.84. The molecule has 2 N–H and O–H groups in total. The quantitative estimate of drug-likeness (QED) is 0.628. The third-order valence-electron chi connectivity index (χ3n) is 4.97. The molecular formula is C16H27ClN5O+. The van der Waals surface area contributed by atoms with Gasteiger partial charge in [0.1, 0.15) is 10.7 Å². The van der Waals surface area contributed by atoms with Crippen LogP contribution < -0.4 is 10.00 Å². The fourth-order valence-corrected chi connectivity index (χ4v) is 3.64. The SMILES string of the molecule is CC[C@@H]1CCCCC1OCNC(C)[n+]1cnc2c(Cl)c(C)[nH]n21. The highest BCUT2D eigenvalue weighted by atomic mass is 35.5. The Morgan fingerprint density at radius 3 is 3.09 bits per heavy atom. The zero-order chi connectivity index (χ0) is 16.4. The molecule has 2 aromatic heterocycles.